The fraction of sp³-hybridized carbons (Fsp3) is 0.500. The van der Waals surface area contributed by atoms with Crippen LogP contribution in [-0.2, 0) is 6.54 Å². The van der Waals surface area contributed by atoms with Crippen LogP contribution in [0.1, 0.15) is 37.1 Å². The van der Waals surface area contributed by atoms with Gasteiger partial charge in [0, 0.05) is 13.1 Å². The number of likely N-dealkylation sites (tertiary alicyclic amines) is 1. The molecule has 2 aromatic rings. The zero-order valence-corrected chi connectivity index (χ0v) is 15.3. The van der Waals surface area contributed by atoms with E-state index in [9.17, 15) is 0 Å². The molecule has 0 atom stereocenters. The second-order valence-corrected chi connectivity index (χ2v) is 5.73. The highest BCUT2D eigenvalue weighted by Crippen LogP contribution is 2.16. The minimum atomic E-state index is 0. The number of hydrogen-bond donors (Lipinski definition) is 2. The summed E-state index contributed by atoms with van der Waals surface area (Å²) < 4.78 is 0. The van der Waals surface area contributed by atoms with Crippen molar-refractivity contribution in [3.8, 4) is 0 Å². The van der Waals surface area contributed by atoms with Crippen molar-refractivity contribution in [2.75, 3.05) is 13.1 Å². The first kappa shape index (κ1) is 17.1. The number of aromatic nitrogens is 2. The van der Waals surface area contributed by atoms with Crippen molar-refractivity contribution < 1.29 is 0 Å². The molecule has 3 rings (SSSR count). The maximum atomic E-state index is 6.12. The predicted octanol–water partition coefficient (Wildman–Crippen LogP) is 3.18. The van der Waals surface area contributed by atoms with Crippen molar-refractivity contribution in [3.05, 3.63) is 29.6 Å². The fourth-order valence-corrected chi connectivity index (χ4v) is 2.86. The van der Waals surface area contributed by atoms with Gasteiger partial charge in [0.25, 0.3) is 0 Å². The van der Waals surface area contributed by atoms with Crippen molar-refractivity contribution in [1.29, 1.82) is 0 Å². The lowest BCUT2D eigenvalue weighted by molar-refractivity contribution is 0.428. The van der Waals surface area contributed by atoms with Gasteiger partial charge >= 0.3 is 0 Å². The second kappa shape index (κ2) is 7.80. The third-order valence-corrected chi connectivity index (χ3v) is 4.08. The number of fused-ring (bicyclic) bond motifs is 1. The number of benzene rings is 1. The summed E-state index contributed by atoms with van der Waals surface area (Å²) in [5, 5.41) is 0. The van der Waals surface area contributed by atoms with Crippen LogP contribution < -0.4 is 5.73 Å². The minimum absolute atomic E-state index is 0. The molecular formula is C16H24IN5. The van der Waals surface area contributed by atoms with E-state index >= 15 is 0 Å². The summed E-state index contributed by atoms with van der Waals surface area (Å²) in [6.45, 7) is 4.63. The third-order valence-electron chi connectivity index (χ3n) is 4.08. The third kappa shape index (κ3) is 3.91. The van der Waals surface area contributed by atoms with Gasteiger partial charge in [-0.3, -0.25) is 0 Å². The number of nitrogens with zero attached hydrogens (tertiary/aromatic N) is 3. The van der Waals surface area contributed by atoms with Crippen LogP contribution >= 0.6 is 24.0 Å². The molecule has 1 saturated heterocycles. The number of H-pyrrole nitrogens is 1. The molecule has 6 heteroatoms. The molecule has 1 aromatic heterocycles. The van der Waals surface area contributed by atoms with Crippen molar-refractivity contribution in [2.45, 2.75) is 39.2 Å². The van der Waals surface area contributed by atoms with Gasteiger partial charge in [-0.2, -0.15) is 0 Å². The number of aromatic amines is 1. The molecule has 2 heterocycles. The number of aliphatic imine (C=N–C) groups is 1. The molecular weight excluding hydrogens is 389 g/mol. The van der Waals surface area contributed by atoms with E-state index in [1.807, 2.05) is 12.1 Å². The summed E-state index contributed by atoms with van der Waals surface area (Å²) in [6, 6.07) is 6.15. The van der Waals surface area contributed by atoms with Crippen LogP contribution in [0.25, 0.3) is 11.0 Å². The molecule has 3 N–H and O–H groups in total. The van der Waals surface area contributed by atoms with Crippen LogP contribution in [-0.4, -0.2) is 33.9 Å². The lowest BCUT2D eigenvalue weighted by atomic mass is 10.2. The minimum Gasteiger partial charge on any atom is -0.370 e. The highest BCUT2D eigenvalue weighted by molar-refractivity contribution is 14.0. The van der Waals surface area contributed by atoms with E-state index in [1.165, 1.54) is 31.2 Å². The summed E-state index contributed by atoms with van der Waals surface area (Å²) in [5.41, 5.74) is 9.39. The lowest BCUT2D eigenvalue weighted by Gasteiger charge is -2.20. The van der Waals surface area contributed by atoms with Crippen LogP contribution in [0.4, 0.5) is 0 Å². The number of halogens is 1. The van der Waals surface area contributed by atoms with E-state index in [1.54, 1.807) is 0 Å². The van der Waals surface area contributed by atoms with Crippen LogP contribution in [0, 0.1) is 6.92 Å². The van der Waals surface area contributed by atoms with E-state index < -0.39 is 0 Å². The van der Waals surface area contributed by atoms with Crippen LogP contribution in [0.15, 0.2) is 23.2 Å². The van der Waals surface area contributed by atoms with E-state index in [0.29, 0.717) is 12.5 Å². The Labute approximate surface area is 148 Å². The van der Waals surface area contributed by atoms with Gasteiger partial charge in [-0.05, 0) is 31.4 Å². The highest BCUT2D eigenvalue weighted by Gasteiger charge is 2.11. The zero-order chi connectivity index (χ0) is 14.7. The number of rotatable bonds is 2. The summed E-state index contributed by atoms with van der Waals surface area (Å²) in [7, 11) is 0. The quantitative estimate of drug-likeness (QED) is 0.452. The molecule has 1 aliphatic heterocycles. The van der Waals surface area contributed by atoms with E-state index in [-0.39, 0.29) is 24.0 Å². The van der Waals surface area contributed by atoms with Gasteiger partial charge in [0.1, 0.15) is 12.4 Å². The van der Waals surface area contributed by atoms with Gasteiger partial charge < -0.3 is 15.6 Å². The summed E-state index contributed by atoms with van der Waals surface area (Å²) in [4.78, 5) is 14.6. The SMILES string of the molecule is Cc1cccc2[nH]c(CN=C(N)N3CCCCCC3)nc12.I. The number of para-hydroxylation sites is 1. The van der Waals surface area contributed by atoms with Gasteiger partial charge in [0.05, 0.1) is 11.0 Å². The molecule has 120 valence electrons. The van der Waals surface area contributed by atoms with Gasteiger partial charge in [-0.25, -0.2) is 9.98 Å². The molecule has 0 unspecified atom stereocenters. The Kier molecular flexibility index (Phi) is 6.05. The predicted molar refractivity (Wildman–Crippen MR) is 102 cm³/mol. The van der Waals surface area contributed by atoms with Crippen LogP contribution in [0.3, 0.4) is 0 Å². The highest BCUT2D eigenvalue weighted by atomic mass is 127. The average molecular weight is 413 g/mol. The van der Waals surface area contributed by atoms with Gasteiger partial charge in [0.15, 0.2) is 5.96 Å². The molecule has 0 saturated carbocycles. The Morgan fingerprint density at radius 1 is 1.27 bits per heavy atom. The molecule has 1 aliphatic rings. The monoisotopic (exact) mass is 413 g/mol. The Balaban J connectivity index is 0.00000176. The zero-order valence-electron chi connectivity index (χ0n) is 13.0. The summed E-state index contributed by atoms with van der Waals surface area (Å²) in [5.74, 6) is 1.52. The fourth-order valence-electron chi connectivity index (χ4n) is 2.86. The number of guanidine groups is 1. The van der Waals surface area contributed by atoms with E-state index in [0.717, 1.165) is 29.9 Å². The second-order valence-electron chi connectivity index (χ2n) is 5.73. The Morgan fingerprint density at radius 2 is 2.00 bits per heavy atom. The molecule has 0 spiro atoms. The number of nitrogens with one attached hydrogen (secondary N) is 1. The number of hydrogen-bond acceptors (Lipinski definition) is 2. The summed E-state index contributed by atoms with van der Waals surface area (Å²) >= 11 is 0. The van der Waals surface area contributed by atoms with E-state index in [2.05, 4.69) is 32.9 Å². The smallest absolute Gasteiger partial charge is 0.191 e. The Hall–Kier alpha value is -1.31. The summed E-state index contributed by atoms with van der Waals surface area (Å²) in [6.07, 6.45) is 5.01. The number of imidazole rings is 1. The molecule has 0 amide bonds. The number of aryl methyl sites for hydroxylation is 1. The average Bonchev–Trinajstić information content (AvgIpc) is 2.71. The molecule has 1 aromatic carbocycles. The topological polar surface area (TPSA) is 70.3 Å². The Bertz CT molecular complexity index is 641. The van der Waals surface area contributed by atoms with Gasteiger partial charge in [-0.1, -0.05) is 25.0 Å². The molecule has 5 nitrogen and oxygen atoms in total. The van der Waals surface area contributed by atoms with Crippen LogP contribution in [0.5, 0.6) is 0 Å². The van der Waals surface area contributed by atoms with Crippen molar-refractivity contribution >= 4 is 41.0 Å². The molecule has 22 heavy (non-hydrogen) atoms. The molecule has 0 bridgehead atoms. The van der Waals surface area contributed by atoms with Gasteiger partial charge in [0.2, 0.25) is 0 Å². The maximum Gasteiger partial charge on any atom is 0.191 e. The largest absolute Gasteiger partial charge is 0.370 e. The Morgan fingerprint density at radius 3 is 2.68 bits per heavy atom. The molecule has 1 fully saturated rings. The van der Waals surface area contributed by atoms with Crippen molar-refractivity contribution in [2.24, 2.45) is 10.7 Å². The maximum absolute atomic E-state index is 6.12. The van der Waals surface area contributed by atoms with E-state index in [4.69, 9.17) is 5.73 Å². The first-order valence-corrected chi connectivity index (χ1v) is 7.73. The first-order chi connectivity index (χ1) is 10.2. The lowest BCUT2D eigenvalue weighted by Crippen LogP contribution is -2.38. The van der Waals surface area contributed by atoms with Crippen LogP contribution in [0.2, 0.25) is 0 Å². The van der Waals surface area contributed by atoms with Crippen molar-refractivity contribution in [1.82, 2.24) is 14.9 Å². The first-order valence-electron chi connectivity index (χ1n) is 7.73. The standard InChI is InChI=1S/C16H23N5.HI/c1-12-7-6-8-13-15(12)20-14(19-13)11-18-16(17)21-9-4-2-3-5-10-21;/h6-8H,2-5,9-11H2,1H3,(H2,17,18)(H,19,20);1H. The normalized spacial score (nSPS) is 16.4. The molecule has 0 aliphatic carbocycles. The van der Waals surface area contributed by atoms with Crippen molar-refractivity contribution in [3.63, 3.8) is 0 Å². The molecule has 0 radical (unpaired) electrons. The number of nitrogens with two attached hydrogens (primary N) is 1. The van der Waals surface area contributed by atoms with Gasteiger partial charge in [-0.15, -0.1) is 24.0 Å².